The fraction of sp³-hybridized carbons (Fsp3) is 0.286. The number of carbonyl (C=O) groups excluding carboxylic acids is 1. The van der Waals surface area contributed by atoms with Crippen molar-refractivity contribution in [1.29, 1.82) is 0 Å². The zero-order valence-electron chi connectivity index (χ0n) is 19.6. The third-order valence-electron chi connectivity index (χ3n) is 6.88. The Hall–Kier alpha value is -2.96. The molecule has 174 valence electrons. The number of carbonyl (C=O) groups is 1. The molecule has 1 aliphatic heterocycles. The van der Waals surface area contributed by atoms with Crippen LogP contribution in [-0.2, 0) is 11.3 Å². The molecule has 1 aliphatic rings. The number of likely N-dealkylation sites (tertiary alicyclic amines) is 1. The van der Waals surface area contributed by atoms with Gasteiger partial charge in [-0.3, -0.25) is 14.3 Å². The number of benzene rings is 3. The number of nitrogens with zero attached hydrogens (tertiary/aromatic N) is 3. The number of para-hydroxylation sites is 2. The predicted octanol–water partition coefficient (Wildman–Crippen LogP) is 6.26. The zero-order valence-corrected chi connectivity index (χ0v) is 21.2. The van der Waals surface area contributed by atoms with Gasteiger partial charge in [0.15, 0.2) is 0 Å². The Kier molecular flexibility index (Phi) is 6.53. The fourth-order valence-corrected chi connectivity index (χ4v) is 5.15. The summed E-state index contributed by atoms with van der Waals surface area (Å²) < 4.78 is 3.30. The van der Waals surface area contributed by atoms with Gasteiger partial charge in [0.1, 0.15) is 5.82 Å². The second-order valence-electron chi connectivity index (χ2n) is 9.12. The molecule has 0 spiro atoms. The van der Waals surface area contributed by atoms with Crippen LogP contribution in [0.5, 0.6) is 0 Å². The maximum absolute atomic E-state index is 12.9. The summed E-state index contributed by atoms with van der Waals surface area (Å²) in [5.41, 5.74) is 6.47. The van der Waals surface area contributed by atoms with Crippen molar-refractivity contribution >= 4 is 38.6 Å². The van der Waals surface area contributed by atoms with Crippen LogP contribution in [0.15, 0.2) is 71.2 Å². The van der Waals surface area contributed by atoms with Gasteiger partial charge in [0.05, 0.1) is 17.6 Å². The van der Waals surface area contributed by atoms with E-state index in [0.717, 1.165) is 70.7 Å². The number of halogens is 1. The molecular weight excluding hydrogens is 488 g/mol. The van der Waals surface area contributed by atoms with Gasteiger partial charge < -0.3 is 5.32 Å². The van der Waals surface area contributed by atoms with Crippen molar-refractivity contribution in [3.63, 3.8) is 0 Å². The molecule has 5 nitrogen and oxygen atoms in total. The molecule has 0 unspecified atom stereocenters. The molecule has 3 aromatic carbocycles. The standard InChI is InChI=1S/C28H29BrN4O/c1-19-7-5-11-24(20(19)2)31-28(34)21-13-15-32(16-14-21)18-27-30-25-10-3-4-12-26(25)33(27)23-9-6-8-22(29)17-23/h3-12,17,21H,13-16,18H2,1-2H3,(H,31,34). The molecule has 0 radical (unpaired) electrons. The van der Waals surface area contributed by atoms with Crippen LogP contribution in [0.4, 0.5) is 5.69 Å². The molecule has 1 fully saturated rings. The van der Waals surface area contributed by atoms with Crippen LogP contribution in [0.1, 0.15) is 29.8 Å². The lowest BCUT2D eigenvalue weighted by Gasteiger charge is -2.31. The lowest BCUT2D eigenvalue weighted by atomic mass is 9.95. The van der Waals surface area contributed by atoms with Crippen LogP contribution in [0.25, 0.3) is 16.7 Å². The summed E-state index contributed by atoms with van der Waals surface area (Å²) in [7, 11) is 0. The average molecular weight is 517 g/mol. The molecule has 2 heterocycles. The summed E-state index contributed by atoms with van der Waals surface area (Å²) >= 11 is 3.60. The SMILES string of the molecule is Cc1cccc(NC(=O)C2CCN(Cc3nc4ccccc4n3-c3cccc(Br)c3)CC2)c1C. The van der Waals surface area contributed by atoms with Gasteiger partial charge in [-0.05, 0) is 87.3 Å². The summed E-state index contributed by atoms with van der Waals surface area (Å²) in [5, 5.41) is 3.16. The second kappa shape index (κ2) is 9.72. The Morgan fingerprint density at radius 2 is 1.79 bits per heavy atom. The monoisotopic (exact) mass is 516 g/mol. The minimum Gasteiger partial charge on any atom is -0.326 e. The van der Waals surface area contributed by atoms with Crippen LogP contribution in [-0.4, -0.2) is 33.4 Å². The number of piperidine rings is 1. The van der Waals surface area contributed by atoms with Crippen molar-refractivity contribution in [2.24, 2.45) is 5.92 Å². The number of aromatic nitrogens is 2. The van der Waals surface area contributed by atoms with Gasteiger partial charge >= 0.3 is 0 Å². The van der Waals surface area contributed by atoms with Crippen molar-refractivity contribution in [3.8, 4) is 5.69 Å². The predicted molar refractivity (Wildman–Crippen MR) is 141 cm³/mol. The second-order valence-corrected chi connectivity index (χ2v) is 10.0. The van der Waals surface area contributed by atoms with Crippen LogP contribution in [0, 0.1) is 19.8 Å². The van der Waals surface area contributed by atoms with Gasteiger partial charge in [-0.15, -0.1) is 0 Å². The molecule has 0 atom stereocenters. The van der Waals surface area contributed by atoms with Gasteiger partial charge in [-0.2, -0.15) is 0 Å². The number of aryl methyl sites for hydroxylation is 1. The fourth-order valence-electron chi connectivity index (χ4n) is 4.76. The van der Waals surface area contributed by atoms with E-state index in [4.69, 9.17) is 4.98 Å². The number of rotatable bonds is 5. The van der Waals surface area contributed by atoms with E-state index in [0.29, 0.717) is 0 Å². The van der Waals surface area contributed by atoms with E-state index < -0.39 is 0 Å². The lowest BCUT2D eigenvalue weighted by molar-refractivity contribution is -0.121. The summed E-state index contributed by atoms with van der Waals surface area (Å²) in [6, 6.07) is 22.7. The molecule has 0 bridgehead atoms. The largest absolute Gasteiger partial charge is 0.326 e. The average Bonchev–Trinajstić information content (AvgIpc) is 3.20. The van der Waals surface area contributed by atoms with E-state index in [-0.39, 0.29) is 11.8 Å². The minimum absolute atomic E-state index is 0.0417. The molecule has 0 saturated carbocycles. The molecule has 1 amide bonds. The molecule has 1 saturated heterocycles. The Balaban J connectivity index is 1.30. The zero-order chi connectivity index (χ0) is 23.7. The first-order chi connectivity index (χ1) is 16.5. The highest BCUT2D eigenvalue weighted by atomic mass is 79.9. The van der Waals surface area contributed by atoms with Gasteiger partial charge in [-0.1, -0.05) is 46.3 Å². The van der Waals surface area contributed by atoms with Gasteiger partial charge in [0.25, 0.3) is 0 Å². The first-order valence-corrected chi connectivity index (χ1v) is 12.6. The van der Waals surface area contributed by atoms with Crippen molar-refractivity contribution in [2.75, 3.05) is 18.4 Å². The van der Waals surface area contributed by atoms with E-state index in [1.807, 2.05) is 24.3 Å². The summed E-state index contributed by atoms with van der Waals surface area (Å²) in [5.74, 6) is 1.20. The number of fused-ring (bicyclic) bond motifs is 1. The number of anilines is 1. The highest BCUT2D eigenvalue weighted by Gasteiger charge is 2.26. The molecule has 4 aromatic rings. The summed E-state index contributed by atoms with van der Waals surface area (Å²) in [6.07, 6.45) is 1.71. The van der Waals surface area contributed by atoms with Crippen molar-refractivity contribution < 1.29 is 4.79 Å². The van der Waals surface area contributed by atoms with E-state index in [1.165, 1.54) is 5.56 Å². The lowest BCUT2D eigenvalue weighted by Crippen LogP contribution is -2.38. The van der Waals surface area contributed by atoms with Crippen LogP contribution >= 0.6 is 15.9 Å². The highest BCUT2D eigenvalue weighted by molar-refractivity contribution is 9.10. The first kappa shape index (κ1) is 22.8. The number of nitrogens with one attached hydrogen (secondary N) is 1. The molecule has 1 aromatic heterocycles. The van der Waals surface area contributed by atoms with E-state index in [2.05, 4.69) is 87.0 Å². The molecule has 34 heavy (non-hydrogen) atoms. The molecule has 5 rings (SSSR count). The Labute approximate surface area is 208 Å². The molecule has 0 aliphatic carbocycles. The maximum Gasteiger partial charge on any atom is 0.227 e. The van der Waals surface area contributed by atoms with Crippen LogP contribution in [0.3, 0.4) is 0 Å². The Morgan fingerprint density at radius 3 is 2.59 bits per heavy atom. The normalized spacial score (nSPS) is 15.0. The number of hydrogen-bond acceptors (Lipinski definition) is 3. The quantitative estimate of drug-likeness (QED) is 0.340. The minimum atomic E-state index is 0.0417. The smallest absolute Gasteiger partial charge is 0.227 e. The van der Waals surface area contributed by atoms with Gasteiger partial charge in [0.2, 0.25) is 5.91 Å². The van der Waals surface area contributed by atoms with Crippen molar-refractivity contribution in [3.05, 3.63) is 88.2 Å². The molecule has 6 heteroatoms. The van der Waals surface area contributed by atoms with Crippen molar-refractivity contribution in [1.82, 2.24) is 14.5 Å². The third kappa shape index (κ3) is 4.65. The maximum atomic E-state index is 12.9. The Bertz CT molecular complexity index is 1340. The highest BCUT2D eigenvalue weighted by Crippen LogP contribution is 2.27. The molecular formula is C28H29BrN4O. The number of hydrogen-bond donors (Lipinski definition) is 1. The topological polar surface area (TPSA) is 50.2 Å². The van der Waals surface area contributed by atoms with E-state index in [1.54, 1.807) is 0 Å². The van der Waals surface area contributed by atoms with Gasteiger partial charge in [-0.25, -0.2) is 4.98 Å². The Morgan fingerprint density at radius 1 is 1.03 bits per heavy atom. The third-order valence-corrected chi connectivity index (χ3v) is 7.38. The summed E-state index contributed by atoms with van der Waals surface area (Å²) in [4.78, 5) is 20.3. The number of amides is 1. The van der Waals surface area contributed by atoms with E-state index in [9.17, 15) is 4.79 Å². The van der Waals surface area contributed by atoms with E-state index >= 15 is 0 Å². The summed E-state index contributed by atoms with van der Waals surface area (Å²) in [6.45, 7) is 6.65. The first-order valence-electron chi connectivity index (χ1n) is 11.8. The van der Waals surface area contributed by atoms with Crippen molar-refractivity contribution in [2.45, 2.75) is 33.2 Å². The van der Waals surface area contributed by atoms with Gasteiger partial charge in [0, 0.05) is 21.8 Å². The van der Waals surface area contributed by atoms with Crippen LogP contribution < -0.4 is 5.32 Å². The van der Waals surface area contributed by atoms with Crippen LogP contribution in [0.2, 0.25) is 0 Å². The number of imidazole rings is 1. The molecule has 1 N–H and O–H groups in total.